The van der Waals surface area contributed by atoms with Gasteiger partial charge in [0, 0.05) is 25.8 Å². The quantitative estimate of drug-likeness (QED) is 0.692. The van der Waals surface area contributed by atoms with Gasteiger partial charge in [0.25, 0.3) is 0 Å². The number of nitrogens with one attached hydrogen (secondary N) is 1. The third-order valence-electron chi connectivity index (χ3n) is 2.46. The summed E-state index contributed by atoms with van der Waals surface area (Å²) in [7, 11) is 1.67. The second-order valence-electron chi connectivity index (χ2n) is 3.86. The van der Waals surface area contributed by atoms with Crippen LogP contribution in [0.2, 0.25) is 0 Å². The molecular weight excluding hydrogens is 240 g/mol. The van der Waals surface area contributed by atoms with Gasteiger partial charge in [0.15, 0.2) is 0 Å². The first-order valence-electron chi connectivity index (χ1n) is 5.96. The van der Waals surface area contributed by atoms with Gasteiger partial charge in [0.2, 0.25) is 0 Å². The van der Waals surface area contributed by atoms with Gasteiger partial charge in [0.05, 0.1) is 0 Å². The lowest BCUT2D eigenvalue weighted by molar-refractivity contribution is -0.0504. The van der Waals surface area contributed by atoms with Gasteiger partial charge in [-0.15, -0.1) is 0 Å². The monoisotopic (exact) mass is 259 g/mol. The van der Waals surface area contributed by atoms with E-state index in [0.29, 0.717) is 6.54 Å². The second kappa shape index (κ2) is 8.83. The Kier molecular flexibility index (Phi) is 7.29. The first-order valence-corrected chi connectivity index (χ1v) is 5.96. The molecule has 0 bridgehead atoms. The van der Waals surface area contributed by atoms with Crippen molar-refractivity contribution >= 4 is 0 Å². The largest absolute Gasteiger partial charge is 0.434 e. The Hall–Kier alpha value is -1.20. The van der Waals surface area contributed by atoms with E-state index in [1.807, 2.05) is 0 Å². The number of benzene rings is 1. The van der Waals surface area contributed by atoms with Crippen molar-refractivity contribution in [1.29, 1.82) is 0 Å². The fraction of sp³-hybridized carbons (Fsp3) is 0.538. The van der Waals surface area contributed by atoms with Crippen molar-refractivity contribution in [3.63, 3.8) is 0 Å². The minimum atomic E-state index is -2.78. The molecule has 0 spiro atoms. The van der Waals surface area contributed by atoms with E-state index in [-0.39, 0.29) is 5.75 Å². The van der Waals surface area contributed by atoms with Crippen LogP contribution in [0.5, 0.6) is 5.75 Å². The van der Waals surface area contributed by atoms with Crippen molar-refractivity contribution in [2.45, 2.75) is 26.0 Å². The Morgan fingerprint density at radius 2 is 2.00 bits per heavy atom. The van der Waals surface area contributed by atoms with Crippen molar-refractivity contribution in [3.05, 3.63) is 29.8 Å². The molecule has 0 aliphatic rings. The molecule has 0 saturated heterocycles. The number of hydrogen-bond acceptors (Lipinski definition) is 3. The standard InChI is InChI=1S/C13H19F2NO2/c1-17-9-5-4-8-16-10-11-6-2-3-7-12(11)18-13(14)15/h2-3,6-7,13,16H,4-5,8-10H2,1H3. The van der Waals surface area contributed by atoms with Gasteiger partial charge in [-0.3, -0.25) is 0 Å². The molecule has 0 amide bonds. The summed E-state index contributed by atoms with van der Waals surface area (Å²) >= 11 is 0. The molecule has 0 fully saturated rings. The molecule has 102 valence electrons. The molecule has 3 nitrogen and oxygen atoms in total. The van der Waals surface area contributed by atoms with E-state index in [1.54, 1.807) is 31.4 Å². The zero-order valence-electron chi connectivity index (χ0n) is 10.5. The van der Waals surface area contributed by atoms with Crippen molar-refractivity contribution in [3.8, 4) is 5.75 Å². The molecule has 1 aromatic carbocycles. The van der Waals surface area contributed by atoms with Gasteiger partial charge in [-0.1, -0.05) is 18.2 Å². The van der Waals surface area contributed by atoms with Crippen LogP contribution in [0.25, 0.3) is 0 Å². The minimum Gasteiger partial charge on any atom is -0.434 e. The lowest BCUT2D eigenvalue weighted by Crippen LogP contribution is -2.16. The maximum absolute atomic E-state index is 12.2. The molecular formula is C13H19F2NO2. The molecule has 0 aromatic heterocycles. The van der Waals surface area contributed by atoms with Gasteiger partial charge in [0.1, 0.15) is 5.75 Å². The summed E-state index contributed by atoms with van der Waals surface area (Å²) in [6, 6.07) is 6.81. The molecule has 1 aromatic rings. The van der Waals surface area contributed by atoms with E-state index in [9.17, 15) is 8.78 Å². The maximum atomic E-state index is 12.2. The van der Waals surface area contributed by atoms with Crippen LogP contribution in [0.4, 0.5) is 8.78 Å². The third-order valence-corrected chi connectivity index (χ3v) is 2.46. The van der Waals surface area contributed by atoms with Crippen LogP contribution in [0.1, 0.15) is 18.4 Å². The molecule has 0 aliphatic heterocycles. The Morgan fingerprint density at radius 1 is 1.22 bits per heavy atom. The molecule has 0 heterocycles. The lowest BCUT2D eigenvalue weighted by Gasteiger charge is -2.11. The second-order valence-corrected chi connectivity index (χ2v) is 3.86. The minimum absolute atomic E-state index is 0.233. The van der Waals surface area contributed by atoms with Gasteiger partial charge in [-0.25, -0.2) is 0 Å². The molecule has 5 heteroatoms. The van der Waals surface area contributed by atoms with E-state index in [0.717, 1.165) is 31.6 Å². The Balaban J connectivity index is 2.32. The fourth-order valence-electron chi connectivity index (χ4n) is 1.58. The summed E-state index contributed by atoms with van der Waals surface area (Å²) in [6.45, 7) is -0.692. The normalized spacial score (nSPS) is 10.9. The van der Waals surface area contributed by atoms with E-state index in [4.69, 9.17) is 4.74 Å². The topological polar surface area (TPSA) is 30.5 Å². The number of rotatable bonds is 9. The Labute approximate surface area is 106 Å². The predicted octanol–water partition coefficient (Wildman–Crippen LogP) is 2.80. The Morgan fingerprint density at radius 3 is 2.72 bits per heavy atom. The zero-order valence-corrected chi connectivity index (χ0v) is 10.5. The summed E-state index contributed by atoms with van der Waals surface area (Å²) in [4.78, 5) is 0. The average Bonchev–Trinajstić information content (AvgIpc) is 2.35. The SMILES string of the molecule is COCCCCNCc1ccccc1OC(F)F. The molecule has 18 heavy (non-hydrogen) atoms. The van der Waals surface area contributed by atoms with Crippen LogP contribution in [-0.2, 0) is 11.3 Å². The number of unbranched alkanes of at least 4 members (excludes halogenated alkanes) is 1. The van der Waals surface area contributed by atoms with Gasteiger partial charge < -0.3 is 14.8 Å². The third kappa shape index (κ3) is 5.93. The molecule has 1 N–H and O–H groups in total. The van der Waals surface area contributed by atoms with Crippen LogP contribution in [0.15, 0.2) is 24.3 Å². The van der Waals surface area contributed by atoms with Crippen molar-refractivity contribution in [1.82, 2.24) is 5.32 Å². The van der Waals surface area contributed by atoms with Crippen LogP contribution >= 0.6 is 0 Å². The summed E-state index contributed by atoms with van der Waals surface area (Å²) < 4.78 is 33.7. The van der Waals surface area contributed by atoms with E-state index in [2.05, 4.69) is 10.1 Å². The molecule has 0 atom stereocenters. The number of alkyl halides is 2. The van der Waals surface area contributed by atoms with Gasteiger partial charge >= 0.3 is 6.61 Å². The first kappa shape index (κ1) is 14.9. The highest BCUT2D eigenvalue weighted by molar-refractivity contribution is 5.33. The fourth-order valence-corrected chi connectivity index (χ4v) is 1.58. The van der Waals surface area contributed by atoms with Crippen molar-refractivity contribution in [2.24, 2.45) is 0 Å². The van der Waals surface area contributed by atoms with Crippen LogP contribution in [0, 0.1) is 0 Å². The highest BCUT2D eigenvalue weighted by Gasteiger charge is 2.08. The maximum Gasteiger partial charge on any atom is 0.387 e. The molecule has 0 saturated carbocycles. The summed E-state index contributed by atoms with van der Waals surface area (Å²) in [5, 5.41) is 3.19. The number of halogens is 2. The molecule has 0 radical (unpaired) electrons. The van der Waals surface area contributed by atoms with Crippen LogP contribution in [0.3, 0.4) is 0 Å². The molecule has 0 unspecified atom stereocenters. The molecule has 0 aliphatic carbocycles. The summed E-state index contributed by atoms with van der Waals surface area (Å²) in [6.07, 6.45) is 1.98. The number of para-hydroxylation sites is 1. The highest BCUT2D eigenvalue weighted by atomic mass is 19.3. The summed E-state index contributed by atoms with van der Waals surface area (Å²) in [5.41, 5.74) is 0.740. The van der Waals surface area contributed by atoms with Crippen molar-refractivity contribution < 1.29 is 18.3 Å². The van der Waals surface area contributed by atoms with Crippen molar-refractivity contribution in [2.75, 3.05) is 20.3 Å². The van der Waals surface area contributed by atoms with E-state index >= 15 is 0 Å². The average molecular weight is 259 g/mol. The number of ether oxygens (including phenoxy) is 2. The Bertz CT molecular complexity index is 335. The van der Waals surface area contributed by atoms with Gasteiger partial charge in [-0.2, -0.15) is 8.78 Å². The number of hydrogen-bond donors (Lipinski definition) is 1. The number of methoxy groups -OCH3 is 1. The van der Waals surface area contributed by atoms with E-state index in [1.165, 1.54) is 0 Å². The molecule has 1 rings (SSSR count). The highest BCUT2D eigenvalue weighted by Crippen LogP contribution is 2.19. The predicted molar refractivity (Wildman–Crippen MR) is 65.9 cm³/mol. The lowest BCUT2D eigenvalue weighted by atomic mass is 10.2. The van der Waals surface area contributed by atoms with Crippen LogP contribution < -0.4 is 10.1 Å². The zero-order chi connectivity index (χ0) is 13.2. The smallest absolute Gasteiger partial charge is 0.387 e. The first-order chi connectivity index (χ1) is 8.74. The summed E-state index contributed by atoms with van der Waals surface area (Å²) in [5.74, 6) is 0.233. The van der Waals surface area contributed by atoms with E-state index < -0.39 is 6.61 Å². The van der Waals surface area contributed by atoms with Crippen LogP contribution in [-0.4, -0.2) is 26.9 Å². The van der Waals surface area contributed by atoms with Gasteiger partial charge in [-0.05, 0) is 25.5 Å².